The van der Waals surface area contributed by atoms with Gasteiger partial charge in [-0.2, -0.15) is 0 Å². The number of halogens is 2. The van der Waals surface area contributed by atoms with E-state index >= 15 is 0 Å². The number of nitrogens with one attached hydrogen (secondary N) is 1. The van der Waals surface area contributed by atoms with Gasteiger partial charge in [-0.1, -0.05) is 33.6 Å². The summed E-state index contributed by atoms with van der Waals surface area (Å²) in [6.07, 6.45) is 0.135. The van der Waals surface area contributed by atoms with Crippen LogP contribution in [-0.4, -0.2) is 32.5 Å². The summed E-state index contributed by atoms with van der Waals surface area (Å²) in [4.78, 5) is 0. The van der Waals surface area contributed by atoms with E-state index in [2.05, 4.69) is 28.2 Å². The van der Waals surface area contributed by atoms with Crippen LogP contribution in [0, 0.1) is 0 Å². The molecule has 2 unspecified atom stereocenters. The van der Waals surface area contributed by atoms with Gasteiger partial charge in [-0.25, -0.2) is 0 Å². The van der Waals surface area contributed by atoms with Crippen LogP contribution in [0.2, 0.25) is 5.02 Å². The third-order valence-corrected chi connectivity index (χ3v) is 3.79. The van der Waals surface area contributed by atoms with E-state index in [0.29, 0.717) is 19.8 Å². The Labute approximate surface area is 121 Å². The van der Waals surface area contributed by atoms with Gasteiger partial charge in [0.05, 0.1) is 25.9 Å². The molecule has 1 aliphatic heterocycles. The topological polar surface area (TPSA) is 30.5 Å². The molecule has 1 N–H and O–H groups in total. The molecule has 2 atom stereocenters. The number of rotatable bonds is 4. The summed E-state index contributed by atoms with van der Waals surface area (Å²) in [5, 5.41) is 4.19. The Balaban J connectivity index is 1.88. The average Bonchev–Trinajstić information content (AvgIpc) is 2.37. The fraction of sp³-hybridized carbons (Fsp3) is 0.538. The Bertz CT molecular complexity index is 397. The first-order chi connectivity index (χ1) is 8.66. The van der Waals surface area contributed by atoms with E-state index in [4.69, 9.17) is 21.1 Å². The van der Waals surface area contributed by atoms with Crippen molar-refractivity contribution < 1.29 is 9.47 Å². The molecular weight excluding hydrogens is 318 g/mol. The van der Waals surface area contributed by atoms with Crippen LogP contribution in [0.5, 0.6) is 0 Å². The van der Waals surface area contributed by atoms with Crippen molar-refractivity contribution >= 4 is 27.5 Å². The summed E-state index contributed by atoms with van der Waals surface area (Å²) >= 11 is 9.63. The van der Waals surface area contributed by atoms with Gasteiger partial charge in [-0.15, -0.1) is 0 Å². The molecule has 100 valence electrons. The second-order valence-electron chi connectivity index (χ2n) is 4.36. The fourth-order valence-electron chi connectivity index (χ4n) is 1.93. The van der Waals surface area contributed by atoms with Gasteiger partial charge in [0.15, 0.2) is 0 Å². The maximum Gasteiger partial charge on any atom is 0.0933 e. The van der Waals surface area contributed by atoms with Crippen molar-refractivity contribution in [2.24, 2.45) is 0 Å². The summed E-state index contributed by atoms with van der Waals surface area (Å²) in [5.74, 6) is 0. The first kappa shape index (κ1) is 14.3. The van der Waals surface area contributed by atoms with E-state index in [-0.39, 0.29) is 12.1 Å². The van der Waals surface area contributed by atoms with E-state index in [1.807, 2.05) is 18.2 Å². The number of hydrogen-bond donors (Lipinski definition) is 1. The molecule has 3 nitrogen and oxygen atoms in total. The van der Waals surface area contributed by atoms with Crippen molar-refractivity contribution in [3.8, 4) is 0 Å². The molecule has 1 aromatic rings. The molecule has 18 heavy (non-hydrogen) atoms. The molecule has 1 saturated heterocycles. The number of hydrogen-bond acceptors (Lipinski definition) is 3. The summed E-state index contributed by atoms with van der Waals surface area (Å²) in [6, 6.07) is 6.13. The maximum absolute atomic E-state index is 6.22. The van der Waals surface area contributed by atoms with E-state index in [0.717, 1.165) is 21.6 Å². The monoisotopic (exact) mass is 333 g/mol. The molecule has 1 aliphatic rings. The number of ether oxygens (including phenoxy) is 2. The molecule has 0 aromatic heterocycles. The highest BCUT2D eigenvalue weighted by Crippen LogP contribution is 2.26. The quantitative estimate of drug-likeness (QED) is 0.917. The van der Waals surface area contributed by atoms with Crippen molar-refractivity contribution in [1.82, 2.24) is 5.32 Å². The van der Waals surface area contributed by atoms with E-state index < -0.39 is 0 Å². The molecule has 0 spiro atoms. The smallest absolute Gasteiger partial charge is 0.0933 e. The van der Waals surface area contributed by atoms with Gasteiger partial charge in [0.25, 0.3) is 0 Å². The predicted octanol–water partition coefficient (Wildman–Crippen LogP) is 3.17. The van der Waals surface area contributed by atoms with Gasteiger partial charge in [0, 0.05) is 22.1 Å². The molecule has 0 bridgehead atoms. The lowest BCUT2D eigenvalue weighted by Crippen LogP contribution is -2.38. The zero-order valence-corrected chi connectivity index (χ0v) is 12.6. The lowest BCUT2D eigenvalue weighted by molar-refractivity contribution is -0.0869. The minimum atomic E-state index is 0.135. The minimum Gasteiger partial charge on any atom is -0.376 e. The normalized spacial score (nSPS) is 21.8. The Kier molecular flexibility index (Phi) is 5.45. The largest absolute Gasteiger partial charge is 0.376 e. The van der Waals surface area contributed by atoms with Crippen LogP contribution < -0.4 is 5.32 Å². The molecule has 1 fully saturated rings. The fourth-order valence-corrected chi connectivity index (χ4v) is 2.76. The standard InChI is InChI=1S/C13H17BrClNO2/c1-9(12-3-2-10(14)6-13(12)15)16-7-11-8-17-4-5-18-11/h2-3,6,9,11,16H,4-5,7-8H2,1H3. The maximum atomic E-state index is 6.22. The second kappa shape index (κ2) is 6.87. The molecule has 5 heteroatoms. The highest BCUT2D eigenvalue weighted by atomic mass is 79.9. The summed E-state index contributed by atoms with van der Waals surface area (Å²) in [7, 11) is 0. The first-order valence-corrected chi connectivity index (χ1v) is 7.21. The zero-order valence-electron chi connectivity index (χ0n) is 10.3. The molecule has 0 saturated carbocycles. The van der Waals surface area contributed by atoms with Crippen LogP contribution in [0.4, 0.5) is 0 Å². The predicted molar refractivity (Wildman–Crippen MR) is 76.1 cm³/mol. The lowest BCUT2D eigenvalue weighted by Gasteiger charge is -2.25. The molecule has 1 aromatic carbocycles. The van der Waals surface area contributed by atoms with Crippen molar-refractivity contribution in [2.45, 2.75) is 19.1 Å². The van der Waals surface area contributed by atoms with Crippen LogP contribution in [0.1, 0.15) is 18.5 Å². The first-order valence-electron chi connectivity index (χ1n) is 6.04. The molecule has 0 aliphatic carbocycles. The van der Waals surface area contributed by atoms with Crippen LogP contribution in [0.3, 0.4) is 0 Å². The van der Waals surface area contributed by atoms with Gasteiger partial charge in [0.1, 0.15) is 0 Å². The van der Waals surface area contributed by atoms with Crippen molar-refractivity contribution in [3.05, 3.63) is 33.3 Å². The van der Waals surface area contributed by atoms with Crippen LogP contribution in [-0.2, 0) is 9.47 Å². The number of benzene rings is 1. The minimum absolute atomic E-state index is 0.135. The second-order valence-corrected chi connectivity index (χ2v) is 5.69. The summed E-state index contributed by atoms with van der Waals surface area (Å²) in [5.41, 5.74) is 1.09. The van der Waals surface area contributed by atoms with Gasteiger partial charge in [-0.05, 0) is 24.6 Å². The van der Waals surface area contributed by atoms with Crippen molar-refractivity contribution in [2.75, 3.05) is 26.4 Å². The highest BCUT2D eigenvalue weighted by Gasteiger charge is 2.16. The average molecular weight is 335 g/mol. The SMILES string of the molecule is CC(NCC1COCCO1)c1ccc(Br)cc1Cl. The Hall–Kier alpha value is -0.130. The highest BCUT2D eigenvalue weighted by molar-refractivity contribution is 9.10. The molecule has 2 rings (SSSR count). The molecule has 0 radical (unpaired) electrons. The Morgan fingerprint density at radius 1 is 1.50 bits per heavy atom. The van der Waals surface area contributed by atoms with E-state index in [1.54, 1.807) is 0 Å². The van der Waals surface area contributed by atoms with Gasteiger partial charge in [0.2, 0.25) is 0 Å². The third kappa shape index (κ3) is 3.93. The lowest BCUT2D eigenvalue weighted by atomic mass is 10.1. The van der Waals surface area contributed by atoms with Crippen molar-refractivity contribution in [3.63, 3.8) is 0 Å². The van der Waals surface area contributed by atoms with Crippen LogP contribution >= 0.6 is 27.5 Å². The molecule has 1 heterocycles. The Morgan fingerprint density at radius 3 is 3.00 bits per heavy atom. The Morgan fingerprint density at radius 2 is 2.33 bits per heavy atom. The van der Waals surface area contributed by atoms with Gasteiger partial charge in [-0.3, -0.25) is 0 Å². The van der Waals surface area contributed by atoms with Gasteiger partial charge < -0.3 is 14.8 Å². The van der Waals surface area contributed by atoms with E-state index in [1.165, 1.54) is 0 Å². The van der Waals surface area contributed by atoms with Crippen molar-refractivity contribution in [1.29, 1.82) is 0 Å². The third-order valence-electron chi connectivity index (χ3n) is 2.97. The summed E-state index contributed by atoms with van der Waals surface area (Å²) in [6.45, 7) is 4.91. The zero-order chi connectivity index (χ0) is 13.0. The summed E-state index contributed by atoms with van der Waals surface area (Å²) < 4.78 is 11.9. The van der Waals surface area contributed by atoms with Crippen LogP contribution in [0.15, 0.2) is 22.7 Å². The van der Waals surface area contributed by atoms with E-state index in [9.17, 15) is 0 Å². The molecular formula is C13H17BrClNO2. The van der Waals surface area contributed by atoms with Gasteiger partial charge >= 0.3 is 0 Å². The van der Waals surface area contributed by atoms with Crippen LogP contribution in [0.25, 0.3) is 0 Å². The molecule has 0 amide bonds.